The van der Waals surface area contributed by atoms with Gasteiger partial charge in [-0.15, -0.1) is 23.5 Å². The van der Waals surface area contributed by atoms with Crippen molar-refractivity contribution in [1.82, 2.24) is 9.55 Å². The second-order valence-electron chi connectivity index (χ2n) is 6.76. The molecular formula is C21H20BrN3O2S2. The zero-order chi connectivity index (χ0) is 20.2. The van der Waals surface area contributed by atoms with E-state index >= 15 is 0 Å². The molecule has 29 heavy (non-hydrogen) atoms. The molecule has 1 N–H and O–H groups in total. The number of anilines is 1. The lowest BCUT2D eigenvalue weighted by molar-refractivity contribution is -0.116. The minimum absolute atomic E-state index is 0.118. The molecule has 150 valence electrons. The van der Waals surface area contributed by atoms with Crippen LogP contribution in [-0.2, 0) is 11.3 Å². The van der Waals surface area contributed by atoms with Crippen LogP contribution in [0.25, 0.3) is 10.9 Å². The van der Waals surface area contributed by atoms with Gasteiger partial charge in [0, 0.05) is 23.1 Å². The van der Waals surface area contributed by atoms with Crippen LogP contribution in [0.1, 0.15) is 23.0 Å². The van der Waals surface area contributed by atoms with Crippen molar-refractivity contribution < 1.29 is 4.79 Å². The first kappa shape index (κ1) is 20.5. The first-order chi connectivity index (χ1) is 14.1. The number of amides is 1. The van der Waals surface area contributed by atoms with E-state index in [0.29, 0.717) is 15.5 Å². The molecule has 0 bridgehead atoms. The third kappa shape index (κ3) is 5.05. The molecule has 2 aromatic carbocycles. The number of carbonyl (C=O) groups is 1. The van der Waals surface area contributed by atoms with E-state index in [0.717, 1.165) is 10.2 Å². The van der Waals surface area contributed by atoms with Gasteiger partial charge in [-0.3, -0.25) is 14.2 Å². The summed E-state index contributed by atoms with van der Waals surface area (Å²) < 4.78 is 2.75. The fourth-order valence-corrected chi connectivity index (χ4v) is 6.41. The number of fused-ring (bicyclic) bond motifs is 1. The summed E-state index contributed by atoms with van der Waals surface area (Å²) in [5, 5.41) is 3.50. The number of halogens is 1. The van der Waals surface area contributed by atoms with Crippen molar-refractivity contribution in [1.29, 1.82) is 0 Å². The lowest BCUT2D eigenvalue weighted by Crippen LogP contribution is -2.23. The van der Waals surface area contributed by atoms with Crippen LogP contribution >= 0.6 is 39.5 Å². The summed E-state index contributed by atoms with van der Waals surface area (Å²) in [6, 6.07) is 13.5. The highest BCUT2D eigenvalue weighted by atomic mass is 79.9. The maximum Gasteiger partial charge on any atom is 0.261 e. The normalized spacial score (nSPS) is 14.8. The van der Waals surface area contributed by atoms with Crippen LogP contribution in [0.3, 0.4) is 0 Å². The number of carbonyl (C=O) groups excluding carboxylic acids is 1. The molecule has 1 aromatic heterocycles. The maximum atomic E-state index is 12.6. The number of benzene rings is 2. The third-order valence-corrected chi connectivity index (χ3v) is 8.14. The molecular weight excluding hydrogens is 470 g/mol. The minimum Gasteiger partial charge on any atom is -0.326 e. The summed E-state index contributed by atoms with van der Waals surface area (Å²) in [6.07, 6.45) is 2.96. The van der Waals surface area contributed by atoms with Gasteiger partial charge < -0.3 is 5.32 Å². The number of hydrogen-bond acceptors (Lipinski definition) is 5. The van der Waals surface area contributed by atoms with Gasteiger partial charge in [0.2, 0.25) is 5.91 Å². The molecule has 5 nitrogen and oxygen atoms in total. The molecule has 4 rings (SSSR count). The molecule has 3 aromatic rings. The largest absolute Gasteiger partial charge is 0.326 e. The molecule has 0 spiro atoms. The van der Waals surface area contributed by atoms with Gasteiger partial charge in [0.05, 0.1) is 21.8 Å². The monoisotopic (exact) mass is 489 g/mol. The Balaban J connectivity index is 1.41. The lowest BCUT2D eigenvalue weighted by Gasteiger charge is -2.21. The second-order valence-corrected chi connectivity index (χ2v) is 10.4. The maximum absolute atomic E-state index is 12.6. The van der Waals surface area contributed by atoms with Crippen LogP contribution in [-0.4, -0.2) is 27.0 Å². The van der Waals surface area contributed by atoms with E-state index in [1.165, 1.54) is 34.4 Å². The van der Waals surface area contributed by atoms with E-state index in [9.17, 15) is 9.59 Å². The van der Waals surface area contributed by atoms with Gasteiger partial charge in [0.1, 0.15) is 0 Å². The number of hydrogen-bond donors (Lipinski definition) is 1. The molecule has 8 heteroatoms. The smallest absolute Gasteiger partial charge is 0.261 e. The number of rotatable bonds is 5. The van der Waals surface area contributed by atoms with Crippen molar-refractivity contribution >= 4 is 62.0 Å². The van der Waals surface area contributed by atoms with Crippen molar-refractivity contribution in [2.75, 3.05) is 16.8 Å². The average Bonchev–Trinajstić information content (AvgIpc) is 2.74. The number of aromatic nitrogens is 2. The Kier molecular flexibility index (Phi) is 6.62. The highest BCUT2D eigenvalue weighted by Gasteiger charge is 2.17. The Bertz CT molecular complexity index is 1100. The van der Waals surface area contributed by atoms with Gasteiger partial charge in [-0.25, -0.2) is 4.98 Å². The molecule has 1 saturated heterocycles. The van der Waals surface area contributed by atoms with Crippen molar-refractivity contribution in [3.05, 3.63) is 69.2 Å². The Morgan fingerprint density at radius 3 is 2.86 bits per heavy atom. The Morgan fingerprint density at radius 2 is 2.03 bits per heavy atom. The highest BCUT2D eigenvalue weighted by molar-refractivity contribution is 9.10. The van der Waals surface area contributed by atoms with Gasteiger partial charge in [-0.05, 0) is 53.8 Å². The van der Waals surface area contributed by atoms with E-state index < -0.39 is 0 Å². The van der Waals surface area contributed by atoms with E-state index in [1.54, 1.807) is 12.1 Å². The zero-order valence-electron chi connectivity index (χ0n) is 15.6. The Morgan fingerprint density at radius 1 is 1.21 bits per heavy atom. The number of nitrogens with zero attached hydrogens (tertiary/aromatic N) is 2. The van der Waals surface area contributed by atoms with Crippen molar-refractivity contribution in [2.45, 2.75) is 24.0 Å². The SMILES string of the molecule is O=C(CCn1cnc2ccc(Br)cc2c1=O)Nc1cccc(C2SCCCS2)c1. The van der Waals surface area contributed by atoms with E-state index in [2.05, 4.69) is 38.4 Å². The zero-order valence-corrected chi connectivity index (χ0v) is 18.9. The summed E-state index contributed by atoms with van der Waals surface area (Å²) >= 11 is 7.30. The summed E-state index contributed by atoms with van der Waals surface area (Å²) in [7, 11) is 0. The Labute approximate surface area is 185 Å². The predicted octanol–water partition coefficient (Wildman–Crippen LogP) is 5.06. The standard InChI is InChI=1S/C21H20BrN3O2S2/c22-15-5-6-18-17(12-15)20(27)25(13-23-18)8-7-19(26)24-16-4-1-3-14(11-16)21-28-9-2-10-29-21/h1,3-6,11-13,21H,2,7-10H2,(H,24,26). The molecule has 1 aliphatic rings. The van der Waals surface area contributed by atoms with Crippen LogP contribution in [0.2, 0.25) is 0 Å². The van der Waals surface area contributed by atoms with Gasteiger partial charge >= 0.3 is 0 Å². The number of aryl methyl sites for hydroxylation is 1. The average molecular weight is 490 g/mol. The molecule has 0 radical (unpaired) electrons. The molecule has 0 unspecified atom stereocenters. The van der Waals surface area contributed by atoms with Crippen LogP contribution in [0.4, 0.5) is 5.69 Å². The molecule has 1 fully saturated rings. The van der Waals surface area contributed by atoms with Crippen LogP contribution in [0.15, 0.2) is 58.1 Å². The first-order valence-corrected chi connectivity index (χ1v) is 12.3. The van der Waals surface area contributed by atoms with Crippen molar-refractivity contribution in [3.8, 4) is 0 Å². The summed E-state index contributed by atoms with van der Waals surface area (Å²) in [6.45, 7) is 0.286. The van der Waals surface area contributed by atoms with Crippen LogP contribution < -0.4 is 10.9 Å². The quantitative estimate of drug-likeness (QED) is 0.542. The van der Waals surface area contributed by atoms with Gasteiger partial charge in [0.15, 0.2) is 0 Å². The summed E-state index contributed by atoms with van der Waals surface area (Å²) in [4.78, 5) is 29.4. The topological polar surface area (TPSA) is 64.0 Å². The molecule has 1 aliphatic heterocycles. The lowest BCUT2D eigenvalue weighted by atomic mass is 10.2. The molecule has 2 heterocycles. The predicted molar refractivity (Wildman–Crippen MR) is 126 cm³/mol. The molecule has 0 atom stereocenters. The minimum atomic E-state index is -0.141. The van der Waals surface area contributed by atoms with E-state index in [1.807, 2.05) is 41.7 Å². The fourth-order valence-electron chi connectivity index (χ4n) is 3.18. The van der Waals surface area contributed by atoms with Gasteiger partial charge in [0.25, 0.3) is 5.56 Å². The summed E-state index contributed by atoms with van der Waals surface area (Å²) in [5.41, 5.74) is 2.54. The van der Waals surface area contributed by atoms with Crippen molar-refractivity contribution in [3.63, 3.8) is 0 Å². The van der Waals surface area contributed by atoms with Crippen LogP contribution in [0, 0.1) is 0 Å². The second kappa shape index (κ2) is 9.36. The Hall–Kier alpha value is -1.77. The van der Waals surface area contributed by atoms with Crippen molar-refractivity contribution in [2.24, 2.45) is 0 Å². The third-order valence-electron chi connectivity index (χ3n) is 4.64. The van der Waals surface area contributed by atoms with E-state index in [4.69, 9.17) is 0 Å². The fraction of sp³-hybridized carbons (Fsp3) is 0.286. The molecule has 0 aliphatic carbocycles. The van der Waals surface area contributed by atoms with Gasteiger partial charge in [-0.2, -0.15) is 0 Å². The molecule has 0 saturated carbocycles. The highest BCUT2D eigenvalue weighted by Crippen LogP contribution is 2.44. The van der Waals surface area contributed by atoms with Gasteiger partial charge in [-0.1, -0.05) is 28.1 Å². The van der Waals surface area contributed by atoms with E-state index in [-0.39, 0.29) is 24.4 Å². The molecule has 1 amide bonds. The number of nitrogens with one attached hydrogen (secondary N) is 1. The summed E-state index contributed by atoms with van der Waals surface area (Å²) in [5.74, 6) is 2.24. The van der Waals surface area contributed by atoms with Crippen LogP contribution in [0.5, 0.6) is 0 Å². The first-order valence-electron chi connectivity index (χ1n) is 9.38. The number of thioether (sulfide) groups is 2.